The highest BCUT2D eigenvalue weighted by atomic mass is 32.2. The Labute approximate surface area is 136 Å². The number of benzene rings is 1. The highest BCUT2D eigenvalue weighted by Gasteiger charge is 2.06. The van der Waals surface area contributed by atoms with Crippen molar-refractivity contribution in [2.45, 2.75) is 14.4 Å². The zero-order valence-corrected chi connectivity index (χ0v) is 14.2. The molecule has 1 heterocycles. The van der Waals surface area contributed by atoms with Crippen molar-refractivity contribution < 1.29 is 4.74 Å². The summed E-state index contributed by atoms with van der Waals surface area (Å²) in [7, 11) is 1.64. The third-order valence-electron chi connectivity index (χ3n) is 2.51. The van der Waals surface area contributed by atoms with E-state index >= 15 is 0 Å². The molecule has 2 N–H and O–H groups in total. The molecule has 0 bridgehead atoms. The molecule has 0 atom stereocenters. The van der Waals surface area contributed by atoms with Crippen LogP contribution >= 0.6 is 34.9 Å². The van der Waals surface area contributed by atoms with Gasteiger partial charge < -0.3 is 10.5 Å². The second-order valence-corrected chi connectivity index (χ2v) is 7.12. The molecule has 0 aliphatic heterocycles. The van der Waals surface area contributed by atoms with E-state index in [2.05, 4.69) is 22.0 Å². The summed E-state index contributed by atoms with van der Waals surface area (Å²) in [4.78, 5) is 0. The maximum Gasteiger partial charge on any atom is 0.175 e. The van der Waals surface area contributed by atoms with Crippen LogP contribution in [-0.4, -0.2) is 30.1 Å². The summed E-state index contributed by atoms with van der Waals surface area (Å²) in [5, 5.41) is 8.24. The van der Waals surface area contributed by atoms with Crippen LogP contribution in [0.1, 0.15) is 11.1 Å². The quantitative estimate of drug-likeness (QED) is 0.669. The number of hydrogen-bond donors (Lipinski definition) is 1. The van der Waals surface area contributed by atoms with Crippen LogP contribution < -0.4 is 10.5 Å². The molecule has 21 heavy (non-hydrogen) atoms. The molecule has 1 aromatic heterocycles. The molecular formula is C14H15N3OS3. The maximum atomic E-state index is 5.42. The zero-order chi connectivity index (χ0) is 15.1. The minimum absolute atomic E-state index is 0.338. The summed E-state index contributed by atoms with van der Waals surface area (Å²) in [5.74, 6) is 7.49. The van der Waals surface area contributed by atoms with E-state index in [1.165, 1.54) is 5.56 Å². The predicted octanol–water partition coefficient (Wildman–Crippen LogP) is 2.87. The van der Waals surface area contributed by atoms with Gasteiger partial charge in [0.05, 0.1) is 19.2 Å². The van der Waals surface area contributed by atoms with E-state index in [1.54, 1.807) is 42.0 Å². The van der Waals surface area contributed by atoms with Crippen molar-refractivity contribution in [2.75, 3.05) is 19.9 Å². The van der Waals surface area contributed by atoms with Crippen LogP contribution in [0, 0.1) is 11.8 Å². The first-order chi connectivity index (χ1) is 10.3. The van der Waals surface area contributed by atoms with E-state index in [9.17, 15) is 0 Å². The topological polar surface area (TPSA) is 61.0 Å². The number of ether oxygens (including phenoxy) is 1. The fourth-order valence-corrected chi connectivity index (χ4v) is 3.95. The lowest BCUT2D eigenvalue weighted by Gasteiger charge is -2.06. The Hall–Kier alpha value is -1.20. The molecule has 0 aliphatic rings. The molecule has 0 aliphatic carbocycles. The Bertz CT molecular complexity index is 661. The van der Waals surface area contributed by atoms with Crippen LogP contribution in [0.15, 0.2) is 26.9 Å². The number of aromatic nitrogens is 2. The number of rotatable bonds is 5. The number of nitrogens with two attached hydrogens (primary N) is 1. The van der Waals surface area contributed by atoms with Crippen molar-refractivity contribution in [3.63, 3.8) is 0 Å². The first kappa shape index (κ1) is 16.2. The molecule has 0 spiro atoms. The van der Waals surface area contributed by atoms with E-state index < -0.39 is 0 Å². The molecule has 2 rings (SSSR count). The van der Waals surface area contributed by atoms with Gasteiger partial charge in [-0.1, -0.05) is 52.8 Å². The van der Waals surface area contributed by atoms with Crippen LogP contribution in [0.2, 0.25) is 0 Å². The zero-order valence-electron chi connectivity index (χ0n) is 11.8. The third-order valence-corrected chi connectivity index (χ3v) is 5.62. The van der Waals surface area contributed by atoms with E-state index in [1.807, 2.05) is 24.5 Å². The Morgan fingerprint density at radius 1 is 1.33 bits per heavy atom. The monoisotopic (exact) mass is 337 g/mol. The van der Waals surface area contributed by atoms with Crippen LogP contribution in [0.5, 0.6) is 5.75 Å². The van der Waals surface area contributed by atoms with E-state index in [0.717, 1.165) is 25.7 Å². The maximum absolute atomic E-state index is 5.42. The molecule has 0 radical (unpaired) electrons. The molecule has 0 saturated carbocycles. The second kappa shape index (κ2) is 8.29. The largest absolute Gasteiger partial charge is 0.495 e. The van der Waals surface area contributed by atoms with Crippen molar-refractivity contribution in [1.82, 2.24) is 10.2 Å². The third kappa shape index (κ3) is 4.64. The lowest BCUT2D eigenvalue weighted by atomic mass is 10.1. The summed E-state index contributed by atoms with van der Waals surface area (Å²) < 4.78 is 7.27. The summed E-state index contributed by atoms with van der Waals surface area (Å²) in [6.07, 6.45) is 2.00. The van der Waals surface area contributed by atoms with Gasteiger partial charge in [0.15, 0.2) is 8.68 Å². The van der Waals surface area contributed by atoms with Crippen LogP contribution in [0.25, 0.3) is 0 Å². The summed E-state index contributed by atoms with van der Waals surface area (Å²) in [6.45, 7) is 0.338. The molecule has 0 amide bonds. The molecule has 0 fully saturated rings. The van der Waals surface area contributed by atoms with Crippen LogP contribution in [-0.2, 0) is 5.75 Å². The van der Waals surface area contributed by atoms with E-state index in [4.69, 9.17) is 10.5 Å². The second-order valence-electron chi connectivity index (χ2n) is 3.87. The lowest BCUT2D eigenvalue weighted by molar-refractivity contribution is 0.413. The van der Waals surface area contributed by atoms with Crippen LogP contribution in [0.4, 0.5) is 0 Å². The number of methoxy groups -OCH3 is 1. The fourth-order valence-electron chi connectivity index (χ4n) is 1.57. The van der Waals surface area contributed by atoms with Crippen molar-refractivity contribution in [2.24, 2.45) is 5.73 Å². The lowest BCUT2D eigenvalue weighted by Crippen LogP contribution is -1.94. The highest BCUT2D eigenvalue weighted by Crippen LogP contribution is 2.30. The van der Waals surface area contributed by atoms with Gasteiger partial charge in [-0.05, 0) is 24.0 Å². The predicted molar refractivity (Wildman–Crippen MR) is 90.2 cm³/mol. The first-order valence-corrected chi connectivity index (χ1v) is 9.15. The molecular weight excluding hydrogens is 322 g/mol. The Kier molecular flexibility index (Phi) is 6.39. The van der Waals surface area contributed by atoms with Gasteiger partial charge in [0, 0.05) is 5.75 Å². The van der Waals surface area contributed by atoms with E-state index in [-0.39, 0.29) is 0 Å². The number of hydrogen-bond acceptors (Lipinski definition) is 7. The van der Waals surface area contributed by atoms with Gasteiger partial charge in [0.2, 0.25) is 0 Å². The molecule has 110 valence electrons. The molecule has 7 heteroatoms. The molecule has 4 nitrogen and oxygen atoms in total. The van der Waals surface area contributed by atoms with Crippen LogP contribution in [0.3, 0.4) is 0 Å². The van der Waals surface area contributed by atoms with Gasteiger partial charge in [-0.3, -0.25) is 0 Å². The standard InChI is InChI=1S/C14H15N3OS3/c1-18-12-6-5-10(8-11(12)4-3-7-15)9-20-14-17-16-13(19-2)21-14/h5-6,8H,7,9,15H2,1-2H3. The first-order valence-electron chi connectivity index (χ1n) is 6.13. The molecule has 1 aromatic carbocycles. The summed E-state index contributed by atoms with van der Waals surface area (Å²) in [5.41, 5.74) is 7.46. The summed E-state index contributed by atoms with van der Waals surface area (Å²) in [6, 6.07) is 6.00. The Morgan fingerprint density at radius 2 is 2.14 bits per heavy atom. The average molecular weight is 337 g/mol. The van der Waals surface area contributed by atoms with E-state index in [0.29, 0.717) is 6.54 Å². The van der Waals surface area contributed by atoms with Crippen molar-refractivity contribution >= 4 is 34.9 Å². The van der Waals surface area contributed by atoms with Gasteiger partial charge in [-0.2, -0.15) is 0 Å². The fraction of sp³-hybridized carbons (Fsp3) is 0.286. The minimum Gasteiger partial charge on any atom is -0.495 e. The highest BCUT2D eigenvalue weighted by molar-refractivity contribution is 8.02. The van der Waals surface area contributed by atoms with Gasteiger partial charge in [0.1, 0.15) is 5.75 Å². The van der Waals surface area contributed by atoms with Crippen molar-refractivity contribution in [3.8, 4) is 17.6 Å². The summed E-state index contributed by atoms with van der Waals surface area (Å²) >= 11 is 4.90. The molecule has 2 aromatic rings. The number of nitrogens with zero attached hydrogens (tertiary/aromatic N) is 2. The van der Waals surface area contributed by atoms with Gasteiger partial charge in [-0.25, -0.2) is 0 Å². The van der Waals surface area contributed by atoms with Crippen molar-refractivity contribution in [3.05, 3.63) is 29.3 Å². The van der Waals surface area contributed by atoms with Gasteiger partial charge in [-0.15, -0.1) is 10.2 Å². The number of thioether (sulfide) groups is 2. The normalized spacial score (nSPS) is 10.0. The minimum atomic E-state index is 0.338. The van der Waals surface area contributed by atoms with Gasteiger partial charge in [0.25, 0.3) is 0 Å². The Morgan fingerprint density at radius 3 is 2.81 bits per heavy atom. The molecule has 0 saturated heterocycles. The van der Waals surface area contributed by atoms with Crippen molar-refractivity contribution in [1.29, 1.82) is 0 Å². The SMILES string of the molecule is COc1ccc(CSc2nnc(SC)s2)cc1C#CCN. The smallest absolute Gasteiger partial charge is 0.175 e. The average Bonchev–Trinajstić information content (AvgIpc) is 2.99. The molecule has 0 unspecified atom stereocenters. The van der Waals surface area contributed by atoms with Gasteiger partial charge >= 0.3 is 0 Å². The Balaban J connectivity index is 2.09.